The van der Waals surface area contributed by atoms with E-state index < -0.39 is 0 Å². The third kappa shape index (κ3) is 4.40. The number of nitrogens with two attached hydrogens (primary N) is 1. The lowest BCUT2D eigenvalue weighted by atomic mass is 9.89. The predicted molar refractivity (Wildman–Crippen MR) is 70.6 cm³/mol. The van der Waals surface area contributed by atoms with Crippen molar-refractivity contribution in [3.8, 4) is 0 Å². The quantitative estimate of drug-likeness (QED) is 0.744. The smallest absolute Gasteiger partial charge is 0.0221 e. The van der Waals surface area contributed by atoms with Gasteiger partial charge in [-0.05, 0) is 58.9 Å². The fourth-order valence-electron chi connectivity index (χ4n) is 2.68. The standard InChI is InChI=1S/C13H29N3/c1-4-12-6-9-16(13(10-12)11-14)8-5-7-15(2)3/h12-13H,4-11,14H2,1-3H3. The normalized spacial score (nSPS) is 27.6. The van der Waals surface area contributed by atoms with Crippen LogP contribution in [0.2, 0.25) is 0 Å². The topological polar surface area (TPSA) is 32.5 Å². The Morgan fingerprint density at radius 3 is 2.69 bits per heavy atom. The van der Waals surface area contributed by atoms with Gasteiger partial charge >= 0.3 is 0 Å². The summed E-state index contributed by atoms with van der Waals surface area (Å²) in [6.07, 6.45) is 5.27. The van der Waals surface area contributed by atoms with Gasteiger partial charge in [0.05, 0.1) is 0 Å². The molecule has 3 nitrogen and oxygen atoms in total. The first-order valence-corrected chi connectivity index (χ1v) is 6.76. The lowest BCUT2D eigenvalue weighted by Crippen LogP contribution is -2.47. The summed E-state index contributed by atoms with van der Waals surface area (Å²) < 4.78 is 0. The van der Waals surface area contributed by atoms with Gasteiger partial charge < -0.3 is 10.6 Å². The molecule has 0 amide bonds. The molecule has 2 unspecified atom stereocenters. The fourth-order valence-corrected chi connectivity index (χ4v) is 2.68. The van der Waals surface area contributed by atoms with E-state index in [1.807, 2.05) is 0 Å². The molecule has 1 saturated heterocycles. The predicted octanol–water partition coefficient (Wildman–Crippen LogP) is 1.39. The van der Waals surface area contributed by atoms with Crippen LogP contribution in [0.5, 0.6) is 0 Å². The first kappa shape index (κ1) is 13.9. The van der Waals surface area contributed by atoms with Gasteiger partial charge in [0.15, 0.2) is 0 Å². The molecule has 1 aliphatic rings. The summed E-state index contributed by atoms with van der Waals surface area (Å²) in [5.41, 5.74) is 5.89. The zero-order valence-electron chi connectivity index (χ0n) is 11.3. The van der Waals surface area contributed by atoms with Crippen molar-refractivity contribution in [1.29, 1.82) is 0 Å². The highest BCUT2D eigenvalue weighted by atomic mass is 15.2. The molecule has 2 atom stereocenters. The molecule has 0 radical (unpaired) electrons. The lowest BCUT2D eigenvalue weighted by molar-refractivity contribution is 0.110. The Bertz CT molecular complexity index is 182. The van der Waals surface area contributed by atoms with Crippen molar-refractivity contribution in [2.45, 2.75) is 38.6 Å². The summed E-state index contributed by atoms with van der Waals surface area (Å²) in [4.78, 5) is 4.87. The molecule has 0 spiro atoms. The second-order valence-electron chi connectivity index (χ2n) is 5.38. The van der Waals surface area contributed by atoms with Gasteiger partial charge in [0.1, 0.15) is 0 Å². The van der Waals surface area contributed by atoms with Crippen LogP contribution in [-0.2, 0) is 0 Å². The van der Waals surface area contributed by atoms with E-state index in [1.54, 1.807) is 0 Å². The molecular formula is C13H29N3. The van der Waals surface area contributed by atoms with Crippen LogP contribution < -0.4 is 5.73 Å². The van der Waals surface area contributed by atoms with Gasteiger partial charge in [0.2, 0.25) is 0 Å². The van der Waals surface area contributed by atoms with Crippen LogP contribution in [0.3, 0.4) is 0 Å². The zero-order chi connectivity index (χ0) is 12.0. The molecule has 0 aromatic rings. The van der Waals surface area contributed by atoms with E-state index in [-0.39, 0.29) is 0 Å². The van der Waals surface area contributed by atoms with Crippen LogP contribution in [0.4, 0.5) is 0 Å². The maximum Gasteiger partial charge on any atom is 0.0221 e. The number of hydrogen-bond acceptors (Lipinski definition) is 3. The molecule has 96 valence electrons. The summed E-state index contributed by atoms with van der Waals surface area (Å²) in [6.45, 7) is 6.80. The number of nitrogens with zero attached hydrogens (tertiary/aromatic N) is 2. The number of likely N-dealkylation sites (tertiary alicyclic amines) is 1. The zero-order valence-corrected chi connectivity index (χ0v) is 11.3. The van der Waals surface area contributed by atoms with Crippen LogP contribution in [0.15, 0.2) is 0 Å². The Balaban J connectivity index is 2.29. The minimum absolute atomic E-state index is 0.640. The van der Waals surface area contributed by atoms with Crippen molar-refractivity contribution in [3.05, 3.63) is 0 Å². The Kier molecular flexibility index (Phi) is 6.32. The average Bonchev–Trinajstić information content (AvgIpc) is 2.29. The molecule has 1 fully saturated rings. The Morgan fingerprint density at radius 1 is 1.38 bits per heavy atom. The number of rotatable bonds is 6. The second kappa shape index (κ2) is 7.25. The van der Waals surface area contributed by atoms with Gasteiger partial charge in [-0.3, -0.25) is 4.90 Å². The highest BCUT2D eigenvalue weighted by Gasteiger charge is 2.25. The molecule has 1 heterocycles. The minimum atomic E-state index is 0.640. The molecule has 3 heteroatoms. The molecule has 0 saturated carbocycles. The molecule has 0 aliphatic carbocycles. The number of hydrogen-bond donors (Lipinski definition) is 1. The Morgan fingerprint density at radius 2 is 2.12 bits per heavy atom. The van der Waals surface area contributed by atoms with E-state index in [0.29, 0.717) is 6.04 Å². The van der Waals surface area contributed by atoms with E-state index in [4.69, 9.17) is 5.73 Å². The minimum Gasteiger partial charge on any atom is -0.329 e. The molecule has 16 heavy (non-hydrogen) atoms. The molecular weight excluding hydrogens is 198 g/mol. The molecule has 0 bridgehead atoms. The van der Waals surface area contributed by atoms with Crippen LogP contribution in [-0.4, -0.2) is 56.1 Å². The molecule has 2 N–H and O–H groups in total. The van der Waals surface area contributed by atoms with Gasteiger partial charge in [0.25, 0.3) is 0 Å². The van der Waals surface area contributed by atoms with Crippen molar-refractivity contribution >= 4 is 0 Å². The largest absolute Gasteiger partial charge is 0.329 e. The fraction of sp³-hybridized carbons (Fsp3) is 1.00. The SMILES string of the molecule is CCC1CCN(CCCN(C)C)C(CN)C1. The van der Waals surface area contributed by atoms with Crippen molar-refractivity contribution in [1.82, 2.24) is 9.80 Å². The van der Waals surface area contributed by atoms with Gasteiger partial charge in [-0.2, -0.15) is 0 Å². The second-order valence-corrected chi connectivity index (χ2v) is 5.38. The van der Waals surface area contributed by atoms with Crippen LogP contribution in [0.1, 0.15) is 32.6 Å². The summed E-state index contributed by atoms with van der Waals surface area (Å²) in [5, 5.41) is 0. The van der Waals surface area contributed by atoms with Gasteiger partial charge in [0, 0.05) is 12.6 Å². The molecule has 1 rings (SSSR count). The third-order valence-electron chi connectivity index (χ3n) is 3.85. The van der Waals surface area contributed by atoms with Crippen molar-refractivity contribution in [2.75, 3.05) is 40.3 Å². The van der Waals surface area contributed by atoms with Crippen LogP contribution in [0.25, 0.3) is 0 Å². The highest BCUT2D eigenvalue weighted by Crippen LogP contribution is 2.24. The van der Waals surface area contributed by atoms with Crippen molar-refractivity contribution in [2.24, 2.45) is 11.7 Å². The van der Waals surface area contributed by atoms with Gasteiger partial charge in [-0.25, -0.2) is 0 Å². The van der Waals surface area contributed by atoms with E-state index in [1.165, 1.54) is 45.3 Å². The van der Waals surface area contributed by atoms with E-state index >= 15 is 0 Å². The maximum atomic E-state index is 5.89. The van der Waals surface area contributed by atoms with E-state index in [2.05, 4.69) is 30.8 Å². The van der Waals surface area contributed by atoms with Gasteiger partial charge in [-0.1, -0.05) is 13.3 Å². The van der Waals surface area contributed by atoms with Crippen molar-refractivity contribution < 1.29 is 0 Å². The lowest BCUT2D eigenvalue weighted by Gasteiger charge is -2.39. The molecule has 0 aromatic heterocycles. The Labute approximate surface area is 101 Å². The Hall–Kier alpha value is -0.120. The van der Waals surface area contributed by atoms with Crippen LogP contribution in [0, 0.1) is 5.92 Å². The van der Waals surface area contributed by atoms with E-state index in [9.17, 15) is 0 Å². The van der Waals surface area contributed by atoms with Crippen molar-refractivity contribution in [3.63, 3.8) is 0 Å². The van der Waals surface area contributed by atoms with E-state index in [0.717, 1.165) is 12.5 Å². The average molecular weight is 227 g/mol. The number of piperidine rings is 1. The monoisotopic (exact) mass is 227 g/mol. The first-order chi connectivity index (χ1) is 7.67. The molecule has 1 aliphatic heterocycles. The summed E-state index contributed by atoms with van der Waals surface area (Å²) in [6, 6.07) is 0.640. The summed E-state index contributed by atoms with van der Waals surface area (Å²) >= 11 is 0. The maximum absolute atomic E-state index is 5.89. The first-order valence-electron chi connectivity index (χ1n) is 6.76. The van der Waals surface area contributed by atoms with Crippen LogP contribution >= 0.6 is 0 Å². The summed E-state index contributed by atoms with van der Waals surface area (Å²) in [7, 11) is 4.29. The molecule has 0 aromatic carbocycles. The highest BCUT2D eigenvalue weighted by molar-refractivity contribution is 4.81. The van der Waals surface area contributed by atoms with Gasteiger partial charge in [-0.15, -0.1) is 0 Å². The summed E-state index contributed by atoms with van der Waals surface area (Å²) in [5.74, 6) is 0.915. The third-order valence-corrected chi connectivity index (χ3v) is 3.85.